The molecule has 0 saturated carbocycles. The second kappa shape index (κ2) is 9.85. The van der Waals surface area contributed by atoms with Crippen molar-refractivity contribution in [3.63, 3.8) is 0 Å². The van der Waals surface area contributed by atoms with E-state index in [0.717, 1.165) is 31.8 Å². The van der Waals surface area contributed by atoms with Gasteiger partial charge in [0.25, 0.3) is 0 Å². The van der Waals surface area contributed by atoms with Gasteiger partial charge in [0.1, 0.15) is 0 Å². The Hall–Kier alpha value is -2.17. The number of rotatable bonds is 9. The van der Waals surface area contributed by atoms with Gasteiger partial charge in [0.2, 0.25) is 5.91 Å². The number of amides is 1. The Balaban J connectivity index is 1.59. The summed E-state index contributed by atoms with van der Waals surface area (Å²) >= 11 is 0. The van der Waals surface area contributed by atoms with E-state index in [0.29, 0.717) is 0 Å². The highest BCUT2D eigenvalue weighted by molar-refractivity contribution is 5.88. The first-order valence-corrected chi connectivity index (χ1v) is 8.39. The number of ether oxygens (including phenoxy) is 1. The zero-order valence-corrected chi connectivity index (χ0v) is 14.4. The van der Waals surface area contributed by atoms with E-state index in [2.05, 4.69) is 29.7 Å². The van der Waals surface area contributed by atoms with Crippen molar-refractivity contribution >= 4 is 11.6 Å². The molecular weight excluding hydrogens is 300 g/mol. The van der Waals surface area contributed by atoms with E-state index in [1.54, 1.807) is 0 Å². The summed E-state index contributed by atoms with van der Waals surface area (Å²) in [5.74, 6) is -0.0504. The van der Waals surface area contributed by atoms with E-state index < -0.39 is 0 Å². The van der Waals surface area contributed by atoms with Crippen LogP contribution in [-0.2, 0) is 16.1 Å². The smallest absolute Gasteiger partial charge is 0.221 e. The summed E-state index contributed by atoms with van der Waals surface area (Å²) < 4.78 is 5.85. The predicted octanol–water partition coefficient (Wildman–Crippen LogP) is 3.90. The van der Waals surface area contributed by atoms with Gasteiger partial charge < -0.3 is 15.4 Å². The first-order valence-electron chi connectivity index (χ1n) is 8.39. The van der Waals surface area contributed by atoms with Crippen molar-refractivity contribution in [3.8, 4) is 0 Å². The van der Waals surface area contributed by atoms with Crippen LogP contribution in [0.25, 0.3) is 0 Å². The van der Waals surface area contributed by atoms with E-state index >= 15 is 0 Å². The zero-order valence-electron chi connectivity index (χ0n) is 14.4. The zero-order chi connectivity index (χ0) is 17.2. The third-order valence-corrected chi connectivity index (χ3v) is 3.74. The molecule has 0 bridgehead atoms. The number of hydrogen-bond acceptors (Lipinski definition) is 3. The summed E-state index contributed by atoms with van der Waals surface area (Å²) in [6, 6.07) is 18.1. The fourth-order valence-corrected chi connectivity index (χ4v) is 2.42. The molecule has 0 aromatic heterocycles. The Morgan fingerprint density at radius 1 is 1.08 bits per heavy atom. The number of nitrogens with one attached hydrogen (secondary N) is 2. The Bertz CT molecular complexity index is 611. The number of carbonyl (C=O) groups excluding carboxylic acids is 1. The normalized spacial score (nSPS) is 11.9. The molecule has 0 aliphatic rings. The van der Waals surface area contributed by atoms with Crippen LogP contribution in [-0.4, -0.2) is 19.1 Å². The molecule has 0 heterocycles. The minimum Gasteiger partial charge on any atom is -0.374 e. The van der Waals surface area contributed by atoms with Crippen LogP contribution in [0.15, 0.2) is 54.6 Å². The molecule has 0 spiro atoms. The molecule has 2 aromatic rings. The van der Waals surface area contributed by atoms with Crippen LogP contribution in [0, 0.1) is 0 Å². The molecule has 24 heavy (non-hydrogen) atoms. The van der Waals surface area contributed by atoms with Crippen LogP contribution in [0.2, 0.25) is 0 Å². The number of carbonyl (C=O) groups is 1. The highest BCUT2D eigenvalue weighted by Gasteiger charge is 2.04. The second-order valence-corrected chi connectivity index (χ2v) is 5.83. The van der Waals surface area contributed by atoms with Gasteiger partial charge >= 0.3 is 0 Å². The van der Waals surface area contributed by atoms with E-state index in [1.165, 1.54) is 18.1 Å². The van der Waals surface area contributed by atoms with Gasteiger partial charge in [-0.3, -0.25) is 4.79 Å². The maximum atomic E-state index is 11.0. The van der Waals surface area contributed by atoms with Crippen molar-refractivity contribution in [2.45, 2.75) is 32.9 Å². The van der Waals surface area contributed by atoms with Gasteiger partial charge in [0.05, 0.1) is 6.10 Å². The van der Waals surface area contributed by atoms with Crippen molar-refractivity contribution in [2.24, 2.45) is 0 Å². The fraction of sp³-hybridized carbons (Fsp3) is 0.350. The average Bonchev–Trinajstić information content (AvgIpc) is 2.59. The molecule has 128 valence electrons. The minimum atomic E-state index is -0.0504. The maximum Gasteiger partial charge on any atom is 0.221 e. The molecule has 1 unspecified atom stereocenters. The molecule has 4 heteroatoms. The molecule has 0 radical (unpaired) electrons. The van der Waals surface area contributed by atoms with Crippen LogP contribution in [0.5, 0.6) is 0 Å². The van der Waals surface area contributed by atoms with E-state index in [1.807, 2.05) is 42.5 Å². The molecule has 2 aromatic carbocycles. The van der Waals surface area contributed by atoms with Crippen molar-refractivity contribution < 1.29 is 9.53 Å². The van der Waals surface area contributed by atoms with Crippen LogP contribution in [0.1, 0.15) is 37.5 Å². The third kappa shape index (κ3) is 6.52. The van der Waals surface area contributed by atoms with E-state index in [-0.39, 0.29) is 12.0 Å². The quantitative estimate of drug-likeness (QED) is 0.687. The molecule has 0 aliphatic carbocycles. The second-order valence-electron chi connectivity index (χ2n) is 5.83. The largest absolute Gasteiger partial charge is 0.374 e. The summed E-state index contributed by atoms with van der Waals surface area (Å²) in [6.45, 7) is 6.06. The van der Waals surface area contributed by atoms with E-state index in [9.17, 15) is 4.79 Å². The Kier molecular flexibility index (Phi) is 7.46. The number of anilines is 1. The summed E-state index contributed by atoms with van der Waals surface area (Å²) in [7, 11) is 0. The molecule has 0 aliphatic heterocycles. The summed E-state index contributed by atoms with van der Waals surface area (Å²) in [6.07, 6.45) is 1.11. The highest BCUT2D eigenvalue weighted by atomic mass is 16.5. The van der Waals surface area contributed by atoms with Crippen LogP contribution in [0.3, 0.4) is 0 Å². The first-order chi connectivity index (χ1) is 11.6. The van der Waals surface area contributed by atoms with Gasteiger partial charge in [-0.15, -0.1) is 0 Å². The number of benzene rings is 2. The Morgan fingerprint density at radius 3 is 2.46 bits per heavy atom. The monoisotopic (exact) mass is 326 g/mol. The molecule has 1 atom stereocenters. The first kappa shape index (κ1) is 18.2. The summed E-state index contributed by atoms with van der Waals surface area (Å²) in [5, 5.41) is 6.17. The van der Waals surface area contributed by atoms with Crippen LogP contribution in [0.4, 0.5) is 5.69 Å². The standard InChI is InChI=1S/C20H26N2O2/c1-16(19-7-4-3-5-8-19)24-14-6-13-21-15-18-9-11-20(12-10-18)22-17(2)23/h3-5,7-12,16,21H,6,13-15H2,1-2H3,(H,22,23). The Morgan fingerprint density at radius 2 is 1.79 bits per heavy atom. The van der Waals surface area contributed by atoms with Crippen LogP contribution < -0.4 is 10.6 Å². The van der Waals surface area contributed by atoms with Gasteiger partial charge in [-0.2, -0.15) is 0 Å². The molecule has 2 N–H and O–H groups in total. The topological polar surface area (TPSA) is 50.4 Å². The average molecular weight is 326 g/mol. The summed E-state index contributed by atoms with van der Waals surface area (Å²) in [5.41, 5.74) is 3.24. The molecule has 2 rings (SSSR count). The van der Waals surface area contributed by atoms with Gasteiger partial charge in [-0.25, -0.2) is 0 Å². The molecule has 4 nitrogen and oxygen atoms in total. The van der Waals surface area contributed by atoms with Gasteiger partial charge in [0, 0.05) is 25.8 Å². The predicted molar refractivity (Wildman–Crippen MR) is 97.9 cm³/mol. The van der Waals surface area contributed by atoms with Crippen molar-refractivity contribution in [3.05, 3.63) is 65.7 Å². The van der Waals surface area contributed by atoms with Gasteiger partial charge in [-0.05, 0) is 43.1 Å². The molecule has 1 amide bonds. The lowest BCUT2D eigenvalue weighted by Crippen LogP contribution is -2.17. The van der Waals surface area contributed by atoms with E-state index in [4.69, 9.17) is 4.74 Å². The van der Waals surface area contributed by atoms with Crippen molar-refractivity contribution in [1.29, 1.82) is 0 Å². The Labute approximate surface area is 144 Å². The third-order valence-electron chi connectivity index (χ3n) is 3.74. The van der Waals surface area contributed by atoms with Crippen LogP contribution >= 0.6 is 0 Å². The lowest BCUT2D eigenvalue weighted by Gasteiger charge is -2.13. The highest BCUT2D eigenvalue weighted by Crippen LogP contribution is 2.15. The van der Waals surface area contributed by atoms with Crippen molar-refractivity contribution in [1.82, 2.24) is 5.32 Å². The summed E-state index contributed by atoms with van der Waals surface area (Å²) in [4.78, 5) is 11.0. The van der Waals surface area contributed by atoms with Crippen molar-refractivity contribution in [2.75, 3.05) is 18.5 Å². The van der Waals surface area contributed by atoms with Gasteiger partial charge in [0.15, 0.2) is 0 Å². The van der Waals surface area contributed by atoms with Gasteiger partial charge in [-0.1, -0.05) is 42.5 Å². The molecule has 0 saturated heterocycles. The SMILES string of the molecule is CC(=O)Nc1ccc(CNCCCOC(C)c2ccccc2)cc1. The molecule has 0 fully saturated rings. The number of hydrogen-bond donors (Lipinski definition) is 2. The lowest BCUT2D eigenvalue weighted by molar-refractivity contribution is -0.114. The minimum absolute atomic E-state index is 0.0504. The fourth-order valence-electron chi connectivity index (χ4n) is 2.42. The maximum absolute atomic E-state index is 11.0. The molecular formula is C20H26N2O2. The lowest BCUT2D eigenvalue weighted by atomic mass is 10.1.